The third kappa shape index (κ3) is 29.7. The minimum Gasteiger partial charge on any atom is -0.462 e. The zero-order valence-corrected chi connectivity index (χ0v) is 51.3. The van der Waals surface area contributed by atoms with Crippen molar-refractivity contribution in [3.05, 3.63) is 180 Å². The Balaban J connectivity index is 0.000000295. The molecule has 12 nitrogen and oxygen atoms in total. The van der Waals surface area contributed by atoms with Gasteiger partial charge in [0.2, 0.25) is 0 Å². The summed E-state index contributed by atoms with van der Waals surface area (Å²) in [5.74, 6) is -1.04. The molecule has 0 saturated heterocycles. The van der Waals surface area contributed by atoms with E-state index in [1.54, 1.807) is 24.3 Å². The summed E-state index contributed by atoms with van der Waals surface area (Å²) < 4.78 is 50.1. The summed E-state index contributed by atoms with van der Waals surface area (Å²) in [4.78, 5) is 53.4. The summed E-state index contributed by atoms with van der Waals surface area (Å²) in [7, 11) is -7.09. The topological polar surface area (TPSA) is 172 Å². The van der Waals surface area contributed by atoms with E-state index < -0.39 is 27.9 Å². The van der Waals surface area contributed by atoms with Gasteiger partial charge in [-0.15, -0.1) is 15.3 Å². The molecule has 0 aromatic heterocycles. The summed E-state index contributed by atoms with van der Waals surface area (Å²) in [5.41, 5.74) is 8.06. The average molecular weight is 1240 g/mol. The molecule has 0 aliphatic rings. The summed E-state index contributed by atoms with van der Waals surface area (Å²) in [6, 6.07) is 51.9. The van der Waals surface area contributed by atoms with E-state index in [2.05, 4.69) is 50.9 Å². The fraction of sp³-hybridized carbons (Fsp3) is 0.350. The van der Waals surface area contributed by atoms with Crippen LogP contribution in [-0.4, -0.2) is 84.1 Å². The Hall–Kier alpha value is -4.79. The molecule has 0 fully saturated rings. The molecule has 17 heteroatoms. The van der Waals surface area contributed by atoms with E-state index in [1.807, 2.05) is 167 Å². The smallest absolute Gasteiger partial charge is 0.338 e. The van der Waals surface area contributed by atoms with Crippen LogP contribution in [0.3, 0.4) is 0 Å². The second-order valence-electron chi connectivity index (χ2n) is 19.1. The van der Waals surface area contributed by atoms with Crippen LogP contribution in [0.25, 0.3) is 33.4 Å². The Kier molecular flexibility index (Phi) is 30.8. The lowest BCUT2D eigenvalue weighted by atomic mass is 10.0. The van der Waals surface area contributed by atoms with Crippen LogP contribution in [-0.2, 0) is 32.4 Å². The molecule has 6 aromatic rings. The van der Waals surface area contributed by atoms with Crippen molar-refractivity contribution in [1.29, 1.82) is 0 Å². The second kappa shape index (κ2) is 35.7. The number of hydrogen-bond acceptors (Lipinski definition) is 10. The van der Waals surface area contributed by atoms with Gasteiger partial charge in [-0.3, -0.25) is 9.13 Å². The van der Waals surface area contributed by atoms with E-state index in [0.717, 1.165) is 51.6 Å². The highest BCUT2D eigenvalue weighted by Gasteiger charge is 2.27. The van der Waals surface area contributed by atoms with Gasteiger partial charge in [-0.1, -0.05) is 163 Å². The molecule has 0 amide bonds. The number of ether oxygens (including phenoxy) is 3. The zero-order chi connectivity index (χ0) is 56.7. The Labute approximate surface area is 474 Å². The van der Waals surface area contributed by atoms with E-state index in [-0.39, 0.29) is 43.5 Å². The predicted molar refractivity (Wildman–Crippen MR) is 322 cm³/mol. The van der Waals surface area contributed by atoms with E-state index in [0.29, 0.717) is 55.1 Å². The van der Waals surface area contributed by atoms with Crippen molar-refractivity contribution >= 4 is 71.0 Å². The van der Waals surface area contributed by atoms with Gasteiger partial charge in [-0.05, 0) is 136 Å². The molecular weight excluding hydrogens is 1160 g/mol. The number of carbonyl (C=O) groups is 3. The molecular formula is C60H76Br2O12P2Si. The lowest BCUT2D eigenvalue weighted by Gasteiger charge is -2.22. The van der Waals surface area contributed by atoms with Crippen molar-refractivity contribution in [3.63, 3.8) is 0 Å². The van der Waals surface area contributed by atoms with E-state index in [9.17, 15) is 23.5 Å². The fourth-order valence-corrected chi connectivity index (χ4v) is 10.0. The van der Waals surface area contributed by atoms with Gasteiger partial charge in [-0.25, -0.2) is 14.4 Å². The monoisotopic (exact) mass is 1240 g/mol. The van der Waals surface area contributed by atoms with Crippen molar-refractivity contribution in [2.75, 3.05) is 37.5 Å². The van der Waals surface area contributed by atoms with Gasteiger partial charge < -0.3 is 33.0 Å². The van der Waals surface area contributed by atoms with Gasteiger partial charge in [0.25, 0.3) is 0 Å². The maximum Gasteiger partial charge on any atom is 0.338 e. The molecule has 0 aliphatic heterocycles. The van der Waals surface area contributed by atoms with Crippen molar-refractivity contribution in [2.24, 2.45) is 0 Å². The highest BCUT2D eigenvalue weighted by molar-refractivity contribution is 9.26. The highest BCUT2D eigenvalue weighted by Crippen LogP contribution is 2.51. The number of esters is 3. The molecule has 2 N–H and O–H groups in total. The molecule has 0 heterocycles. The number of hydrogen-bond donors (Lipinski definition) is 2. The van der Waals surface area contributed by atoms with Crippen molar-refractivity contribution in [1.82, 2.24) is 0 Å². The van der Waals surface area contributed by atoms with Crippen molar-refractivity contribution in [3.8, 4) is 33.4 Å². The Morgan fingerprint density at radius 2 is 0.701 bits per heavy atom. The first-order chi connectivity index (χ1) is 36.6. The minimum atomic E-state index is -3.96. The molecule has 0 saturated carbocycles. The quantitative estimate of drug-likeness (QED) is 0.0112. The first-order valence-corrected chi connectivity index (χ1v) is 36.2. The molecule has 416 valence electrons. The third-order valence-electron chi connectivity index (χ3n) is 10.3. The Bertz CT molecular complexity index is 2680. The number of unbranched alkanes of at least 4 members (excludes halogenated alkanes) is 3. The van der Waals surface area contributed by atoms with Crippen LogP contribution < -0.4 is 0 Å². The molecule has 6 rings (SSSR count). The van der Waals surface area contributed by atoms with Gasteiger partial charge in [0.05, 0.1) is 54.9 Å². The SMILES string of the molecule is CC(C)OP(=O)(CCCCOC(=O)c1ccc(-c2ccccc2)cc1)OC(C)C.C[Si](C)(C)Br.O=C(OCCCCBr)c1ccc(-c2ccccc2)cc1.O=C(OCCCCP(=O)(O)O)c1ccc(-c2ccccc2)cc1. The van der Waals surface area contributed by atoms with Crippen LogP contribution in [0.4, 0.5) is 0 Å². The summed E-state index contributed by atoms with van der Waals surface area (Å²) in [5, 5.41) is 0.941. The summed E-state index contributed by atoms with van der Waals surface area (Å²) >= 11 is 6.87. The largest absolute Gasteiger partial charge is 0.462 e. The van der Waals surface area contributed by atoms with Gasteiger partial charge in [0.1, 0.15) is 6.69 Å². The summed E-state index contributed by atoms with van der Waals surface area (Å²) in [6.45, 7) is 14.2. The number of halogens is 2. The molecule has 6 aromatic carbocycles. The van der Waals surface area contributed by atoms with Crippen LogP contribution in [0.1, 0.15) is 97.3 Å². The van der Waals surface area contributed by atoms with Crippen LogP contribution >= 0.6 is 46.4 Å². The molecule has 0 spiro atoms. The maximum absolute atomic E-state index is 12.7. The maximum atomic E-state index is 12.7. The van der Waals surface area contributed by atoms with Crippen LogP contribution in [0.2, 0.25) is 19.6 Å². The Morgan fingerprint density at radius 1 is 0.442 bits per heavy atom. The molecule has 0 atom stereocenters. The van der Waals surface area contributed by atoms with E-state index in [4.69, 9.17) is 33.0 Å². The van der Waals surface area contributed by atoms with Gasteiger partial charge in [-0.2, -0.15) is 0 Å². The van der Waals surface area contributed by atoms with Crippen LogP contribution in [0, 0.1) is 0 Å². The average Bonchev–Trinajstić information content (AvgIpc) is 3.39. The second-order valence-corrected chi connectivity index (χ2v) is 35.1. The van der Waals surface area contributed by atoms with E-state index >= 15 is 0 Å². The fourth-order valence-electron chi connectivity index (χ4n) is 6.83. The highest BCUT2D eigenvalue weighted by atomic mass is 79.9. The van der Waals surface area contributed by atoms with Crippen LogP contribution in [0.15, 0.2) is 164 Å². The van der Waals surface area contributed by atoms with Gasteiger partial charge in [0.15, 0.2) is 0 Å². The first-order valence-electron chi connectivity index (χ1n) is 25.8. The number of rotatable bonds is 24. The summed E-state index contributed by atoms with van der Waals surface area (Å²) in [6.07, 6.45) is 3.64. The van der Waals surface area contributed by atoms with Crippen molar-refractivity contribution < 1.29 is 56.6 Å². The van der Waals surface area contributed by atoms with Crippen LogP contribution in [0.5, 0.6) is 0 Å². The third-order valence-corrected chi connectivity index (χ3v) is 14.1. The Morgan fingerprint density at radius 3 is 0.961 bits per heavy atom. The number of carbonyl (C=O) groups excluding carboxylic acids is 3. The number of benzene rings is 6. The molecule has 0 aliphatic carbocycles. The normalized spacial score (nSPS) is 11.2. The predicted octanol–water partition coefficient (Wildman–Crippen LogP) is 16.7. The zero-order valence-electron chi connectivity index (χ0n) is 45.4. The number of alkyl halides is 1. The lowest BCUT2D eigenvalue weighted by molar-refractivity contribution is 0.0490. The molecule has 0 unspecified atom stereocenters. The van der Waals surface area contributed by atoms with E-state index in [1.165, 1.54) is 0 Å². The van der Waals surface area contributed by atoms with Gasteiger partial charge in [0, 0.05) is 11.5 Å². The molecule has 77 heavy (non-hydrogen) atoms. The molecule has 0 bridgehead atoms. The lowest BCUT2D eigenvalue weighted by Crippen LogP contribution is -2.11. The van der Waals surface area contributed by atoms with Gasteiger partial charge >= 0.3 is 33.1 Å². The van der Waals surface area contributed by atoms with Crippen molar-refractivity contribution in [2.45, 2.75) is 98.1 Å². The minimum absolute atomic E-state index is 0.152. The standard InChI is InChI=1S/C23H31O5P.C17H17BrO2.C17H19O5P.C3H9BrSi/c1-18(2)27-29(25,28-19(3)4)17-9-8-16-26-23(24)22-14-12-21(13-15-22)20-10-6-5-7-11-20;18-12-4-5-13-20-17(19)16-10-8-15(9-11-16)14-6-2-1-3-7-14;18-17(22-12-4-5-13-23(19,20)21)16-10-8-15(9-11-16)14-6-2-1-3-7-14;1-5(2,3)4/h5-7,10-15,18-19H,8-9,16-17H2,1-4H3;1-3,6-11H,4-5,12-13H2;1-3,6-11H,4-5,12-13H2,(H2,19,20,21);1-3H3. The first kappa shape index (κ1) is 66.5. The molecule has 0 radical (unpaired) electrons.